The molecule has 0 aliphatic carbocycles. The van der Waals surface area contributed by atoms with Gasteiger partial charge in [0.15, 0.2) is 0 Å². The van der Waals surface area contributed by atoms with Crippen molar-refractivity contribution in [2.45, 2.75) is 26.2 Å². The third kappa shape index (κ3) is 6.25. The second-order valence-corrected chi connectivity index (χ2v) is 7.78. The van der Waals surface area contributed by atoms with E-state index in [1.807, 2.05) is 72.8 Å². The van der Waals surface area contributed by atoms with Gasteiger partial charge in [-0.3, -0.25) is 4.79 Å². The number of azo groups is 1. The molecule has 0 heterocycles. The van der Waals surface area contributed by atoms with Gasteiger partial charge in [-0.15, -0.1) is 0 Å². The summed E-state index contributed by atoms with van der Waals surface area (Å²) in [6.07, 6.45) is 3.35. The highest BCUT2D eigenvalue weighted by Gasteiger charge is 2.12. The highest BCUT2D eigenvalue weighted by atomic mass is 16.1. The number of carbonyl (C=O) groups is 1. The lowest BCUT2D eigenvalue weighted by atomic mass is 9.87. The molecule has 0 saturated carbocycles. The van der Waals surface area contributed by atoms with Gasteiger partial charge in [0.05, 0.1) is 11.4 Å². The molecule has 0 fully saturated rings. The zero-order chi connectivity index (χ0) is 20.7. The van der Waals surface area contributed by atoms with Gasteiger partial charge in [-0.25, -0.2) is 0 Å². The van der Waals surface area contributed by atoms with E-state index >= 15 is 0 Å². The zero-order valence-corrected chi connectivity index (χ0v) is 17.0. The molecule has 0 atom stereocenters. The highest BCUT2D eigenvalue weighted by Crippen LogP contribution is 2.23. The van der Waals surface area contributed by atoms with Gasteiger partial charge in [-0.2, -0.15) is 10.2 Å². The van der Waals surface area contributed by atoms with Crippen molar-refractivity contribution in [2.75, 3.05) is 5.32 Å². The molecule has 0 spiro atoms. The summed E-state index contributed by atoms with van der Waals surface area (Å²) in [6.45, 7) is 6.54. The number of carbonyl (C=O) groups excluding carboxylic acids is 1. The minimum absolute atomic E-state index is 0.118. The molecule has 0 unspecified atom stereocenters. The number of hydrogen-bond donors (Lipinski definition) is 1. The smallest absolute Gasteiger partial charge is 0.248 e. The summed E-state index contributed by atoms with van der Waals surface area (Å²) in [5.74, 6) is -0.177. The summed E-state index contributed by atoms with van der Waals surface area (Å²) in [5.41, 5.74) is 4.61. The summed E-state index contributed by atoms with van der Waals surface area (Å²) in [6, 6.07) is 25.0. The van der Waals surface area contributed by atoms with Gasteiger partial charge in [-0.1, -0.05) is 63.2 Å². The Hall–Kier alpha value is -3.53. The Balaban J connectivity index is 1.56. The first-order valence-corrected chi connectivity index (χ1v) is 9.57. The number of amides is 1. The van der Waals surface area contributed by atoms with Crippen LogP contribution >= 0.6 is 0 Å². The van der Waals surface area contributed by atoms with E-state index in [1.54, 1.807) is 0 Å². The maximum absolute atomic E-state index is 12.2. The Kier molecular flexibility index (Phi) is 6.35. The molecule has 0 aromatic heterocycles. The lowest BCUT2D eigenvalue weighted by Crippen LogP contribution is -2.10. The second-order valence-electron chi connectivity index (χ2n) is 7.78. The molecule has 1 amide bonds. The van der Waals surface area contributed by atoms with Gasteiger partial charge in [0.25, 0.3) is 0 Å². The van der Waals surface area contributed by atoms with Gasteiger partial charge < -0.3 is 5.32 Å². The van der Waals surface area contributed by atoms with E-state index in [1.165, 1.54) is 11.6 Å². The van der Waals surface area contributed by atoms with Crippen molar-refractivity contribution in [3.05, 3.63) is 96.1 Å². The summed E-state index contributed by atoms with van der Waals surface area (Å²) < 4.78 is 0. The Labute approximate surface area is 172 Å². The predicted molar refractivity (Wildman–Crippen MR) is 120 cm³/mol. The number of rotatable bonds is 5. The van der Waals surface area contributed by atoms with Crippen LogP contribution in [0.3, 0.4) is 0 Å². The van der Waals surface area contributed by atoms with Crippen LogP contribution in [0.1, 0.15) is 31.9 Å². The largest absolute Gasteiger partial charge is 0.323 e. The summed E-state index contributed by atoms with van der Waals surface area (Å²) in [4.78, 5) is 12.2. The molecule has 0 radical (unpaired) electrons. The first-order chi connectivity index (χ1) is 13.9. The maximum atomic E-state index is 12.2. The first-order valence-electron chi connectivity index (χ1n) is 9.57. The van der Waals surface area contributed by atoms with E-state index in [4.69, 9.17) is 0 Å². The summed E-state index contributed by atoms with van der Waals surface area (Å²) in [5, 5.41) is 11.2. The molecular formula is C25H25N3O. The Morgan fingerprint density at radius 1 is 0.793 bits per heavy atom. The first kappa shape index (κ1) is 20.2. The molecule has 146 valence electrons. The van der Waals surface area contributed by atoms with Crippen LogP contribution in [0, 0.1) is 0 Å². The van der Waals surface area contributed by atoms with Crippen LogP contribution in [0.15, 0.2) is 95.2 Å². The van der Waals surface area contributed by atoms with E-state index in [0.29, 0.717) is 5.69 Å². The van der Waals surface area contributed by atoms with E-state index in [2.05, 4.69) is 48.4 Å². The lowest BCUT2D eigenvalue weighted by Gasteiger charge is -2.18. The van der Waals surface area contributed by atoms with Crippen molar-refractivity contribution < 1.29 is 4.79 Å². The molecule has 29 heavy (non-hydrogen) atoms. The number of benzene rings is 3. The van der Waals surface area contributed by atoms with Crippen LogP contribution in [-0.4, -0.2) is 5.91 Å². The Morgan fingerprint density at radius 3 is 1.97 bits per heavy atom. The van der Waals surface area contributed by atoms with Gasteiger partial charge in [0, 0.05) is 11.8 Å². The molecule has 0 aliphatic heterocycles. The normalized spacial score (nSPS) is 11.8. The summed E-state index contributed by atoms with van der Waals surface area (Å²) >= 11 is 0. The quantitative estimate of drug-likeness (QED) is 0.372. The monoisotopic (exact) mass is 383 g/mol. The average molecular weight is 383 g/mol. The molecule has 0 saturated heterocycles. The van der Waals surface area contributed by atoms with Crippen molar-refractivity contribution in [3.63, 3.8) is 0 Å². The fraction of sp³-hybridized carbons (Fsp3) is 0.160. The Morgan fingerprint density at radius 2 is 1.38 bits per heavy atom. The molecule has 3 rings (SSSR count). The minimum Gasteiger partial charge on any atom is -0.323 e. The predicted octanol–water partition coefficient (Wildman–Crippen LogP) is 7.05. The van der Waals surface area contributed by atoms with Crippen molar-refractivity contribution in [1.29, 1.82) is 0 Å². The fourth-order valence-corrected chi connectivity index (χ4v) is 2.67. The van der Waals surface area contributed by atoms with Gasteiger partial charge >= 0.3 is 0 Å². The zero-order valence-electron chi connectivity index (χ0n) is 17.0. The molecule has 3 aromatic carbocycles. The topological polar surface area (TPSA) is 53.8 Å². The number of hydrogen-bond acceptors (Lipinski definition) is 3. The molecule has 4 heteroatoms. The molecule has 0 bridgehead atoms. The molecule has 1 N–H and O–H groups in total. The van der Waals surface area contributed by atoms with Crippen LogP contribution in [0.25, 0.3) is 6.08 Å². The van der Waals surface area contributed by atoms with E-state index in [-0.39, 0.29) is 11.3 Å². The van der Waals surface area contributed by atoms with Crippen LogP contribution in [0.4, 0.5) is 17.1 Å². The van der Waals surface area contributed by atoms with Crippen LogP contribution < -0.4 is 5.32 Å². The van der Waals surface area contributed by atoms with Gasteiger partial charge in [0.1, 0.15) is 0 Å². The third-order valence-electron chi connectivity index (χ3n) is 4.38. The van der Waals surface area contributed by atoms with Crippen molar-refractivity contribution >= 4 is 29.0 Å². The second kappa shape index (κ2) is 9.11. The minimum atomic E-state index is -0.177. The SMILES string of the molecule is CC(C)(C)c1ccc(/C=C/C(=O)Nc2ccc(N=Nc3ccccc3)cc2)cc1. The molecular weight excluding hydrogens is 358 g/mol. The Bertz CT molecular complexity index is 997. The van der Waals surface area contributed by atoms with Crippen LogP contribution in [0.5, 0.6) is 0 Å². The van der Waals surface area contributed by atoms with Crippen LogP contribution in [-0.2, 0) is 10.2 Å². The summed E-state index contributed by atoms with van der Waals surface area (Å²) in [7, 11) is 0. The van der Waals surface area contributed by atoms with Crippen LogP contribution in [0.2, 0.25) is 0 Å². The van der Waals surface area contributed by atoms with Crippen molar-refractivity contribution in [1.82, 2.24) is 0 Å². The highest BCUT2D eigenvalue weighted by molar-refractivity contribution is 6.01. The number of nitrogens with one attached hydrogen (secondary N) is 1. The average Bonchev–Trinajstić information content (AvgIpc) is 2.72. The third-order valence-corrected chi connectivity index (χ3v) is 4.38. The van der Waals surface area contributed by atoms with E-state index < -0.39 is 0 Å². The van der Waals surface area contributed by atoms with Crippen molar-refractivity contribution in [3.8, 4) is 0 Å². The fourth-order valence-electron chi connectivity index (χ4n) is 2.67. The number of anilines is 1. The van der Waals surface area contributed by atoms with E-state index in [0.717, 1.165) is 16.9 Å². The molecule has 0 aliphatic rings. The van der Waals surface area contributed by atoms with E-state index in [9.17, 15) is 4.79 Å². The lowest BCUT2D eigenvalue weighted by molar-refractivity contribution is -0.111. The molecule has 3 aromatic rings. The van der Waals surface area contributed by atoms with Crippen molar-refractivity contribution in [2.24, 2.45) is 10.2 Å². The van der Waals surface area contributed by atoms with Gasteiger partial charge in [-0.05, 0) is 59.0 Å². The maximum Gasteiger partial charge on any atom is 0.248 e. The standard InChI is InChI=1S/C25H25N3O/c1-25(2,3)20-12-9-19(10-13-20)11-18-24(29)26-21-14-16-23(17-15-21)28-27-22-7-5-4-6-8-22/h4-18H,1-3H3,(H,26,29)/b18-11+,28-27?. The van der Waals surface area contributed by atoms with Gasteiger partial charge in [0.2, 0.25) is 5.91 Å². The molecule has 4 nitrogen and oxygen atoms in total. The number of nitrogens with zero attached hydrogens (tertiary/aromatic N) is 2.